The monoisotopic (exact) mass is 291 g/mol. The Kier molecular flexibility index (Phi) is 4.48. The molecular formula is C13H13N3O3S. The molecule has 0 fully saturated rings. The van der Waals surface area contributed by atoms with Crippen LogP contribution in [0.2, 0.25) is 0 Å². The van der Waals surface area contributed by atoms with Gasteiger partial charge in [0.2, 0.25) is 5.91 Å². The molecule has 20 heavy (non-hydrogen) atoms. The molecule has 104 valence electrons. The number of aryl methyl sites for hydroxylation is 1. The first kappa shape index (κ1) is 14.2. The van der Waals surface area contributed by atoms with Gasteiger partial charge in [-0.25, -0.2) is 0 Å². The Morgan fingerprint density at radius 2 is 2.40 bits per heavy atom. The van der Waals surface area contributed by atoms with Gasteiger partial charge in [-0.05, 0) is 19.9 Å². The minimum absolute atomic E-state index is 0.174. The first-order valence-electron chi connectivity index (χ1n) is 5.87. The van der Waals surface area contributed by atoms with Crippen LogP contribution in [0.5, 0.6) is 0 Å². The van der Waals surface area contributed by atoms with Crippen molar-refractivity contribution in [2.75, 3.05) is 6.54 Å². The van der Waals surface area contributed by atoms with Crippen LogP contribution < -0.4 is 5.32 Å². The van der Waals surface area contributed by atoms with Crippen LogP contribution in [0.1, 0.15) is 12.7 Å². The molecule has 0 saturated heterocycles. The fraction of sp³-hybridized carbons (Fsp3) is 0.308. The zero-order valence-corrected chi connectivity index (χ0v) is 11.9. The van der Waals surface area contributed by atoms with Gasteiger partial charge in [0.15, 0.2) is 0 Å². The number of terminal acetylenes is 1. The van der Waals surface area contributed by atoms with E-state index in [0.29, 0.717) is 16.9 Å². The van der Waals surface area contributed by atoms with Crippen LogP contribution in [0.15, 0.2) is 26.4 Å². The smallest absolute Gasteiger partial charge is 0.277 e. The van der Waals surface area contributed by atoms with Gasteiger partial charge in [0, 0.05) is 0 Å². The average Bonchev–Trinajstić information content (AvgIpc) is 3.04. The normalized spacial score (nSPS) is 11.8. The van der Waals surface area contributed by atoms with Crippen LogP contribution in [-0.2, 0) is 4.79 Å². The van der Waals surface area contributed by atoms with Crippen LogP contribution in [0.4, 0.5) is 0 Å². The summed E-state index contributed by atoms with van der Waals surface area (Å²) in [4.78, 5) is 11.7. The zero-order chi connectivity index (χ0) is 14.5. The van der Waals surface area contributed by atoms with E-state index in [0.717, 1.165) is 5.56 Å². The van der Waals surface area contributed by atoms with Gasteiger partial charge in [-0.15, -0.1) is 16.6 Å². The molecule has 2 aromatic rings. The minimum atomic E-state index is -0.373. The molecule has 7 heteroatoms. The number of amides is 1. The van der Waals surface area contributed by atoms with E-state index in [9.17, 15) is 4.79 Å². The maximum atomic E-state index is 11.7. The molecule has 6 nitrogen and oxygen atoms in total. The van der Waals surface area contributed by atoms with Gasteiger partial charge in [0.1, 0.15) is 5.76 Å². The Morgan fingerprint density at radius 1 is 1.60 bits per heavy atom. The van der Waals surface area contributed by atoms with Crippen molar-refractivity contribution < 1.29 is 13.6 Å². The molecule has 0 aromatic carbocycles. The number of carbonyl (C=O) groups excluding carboxylic acids is 1. The molecule has 0 spiro atoms. The lowest BCUT2D eigenvalue weighted by molar-refractivity contribution is -0.120. The summed E-state index contributed by atoms with van der Waals surface area (Å²) in [5, 5.41) is 10.4. The maximum Gasteiger partial charge on any atom is 0.277 e. The lowest BCUT2D eigenvalue weighted by Gasteiger charge is -2.06. The zero-order valence-electron chi connectivity index (χ0n) is 11.0. The summed E-state index contributed by atoms with van der Waals surface area (Å²) in [6, 6.07) is 1.75. The number of furan rings is 1. The predicted molar refractivity (Wildman–Crippen MR) is 73.9 cm³/mol. The Morgan fingerprint density at radius 3 is 3.05 bits per heavy atom. The third kappa shape index (κ3) is 3.22. The second-order valence-electron chi connectivity index (χ2n) is 3.95. The molecule has 1 amide bonds. The molecule has 1 N–H and O–H groups in total. The van der Waals surface area contributed by atoms with Crippen molar-refractivity contribution in [2.24, 2.45) is 0 Å². The van der Waals surface area contributed by atoms with Gasteiger partial charge < -0.3 is 14.2 Å². The Hall–Kier alpha value is -2.20. The first-order chi connectivity index (χ1) is 9.61. The van der Waals surface area contributed by atoms with Crippen molar-refractivity contribution in [1.29, 1.82) is 0 Å². The number of rotatable bonds is 5. The average molecular weight is 291 g/mol. The molecule has 0 saturated carbocycles. The van der Waals surface area contributed by atoms with Crippen molar-refractivity contribution in [3.8, 4) is 23.8 Å². The van der Waals surface area contributed by atoms with Crippen molar-refractivity contribution in [3.63, 3.8) is 0 Å². The summed E-state index contributed by atoms with van der Waals surface area (Å²) in [6.45, 7) is 3.75. The minimum Gasteiger partial charge on any atom is -0.469 e. The van der Waals surface area contributed by atoms with E-state index in [1.165, 1.54) is 11.8 Å². The molecule has 0 aliphatic heterocycles. The third-order valence-corrected chi connectivity index (χ3v) is 3.44. The first-order valence-corrected chi connectivity index (χ1v) is 6.75. The van der Waals surface area contributed by atoms with E-state index in [-0.39, 0.29) is 17.7 Å². The molecule has 0 radical (unpaired) electrons. The number of aromatic nitrogens is 2. The number of thioether (sulfide) groups is 1. The number of hydrogen-bond acceptors (Lipinski definition) is 6. The molecule has 1 atom stereocenters. The molecular weight excluding hydrogens is 278 g/mol. The van der Waals surface area contributed by atoms with Crippen LogP contribution in [0, 0.1) is 19.3 Å². The molecule has 0 aliphatic carbocycles. The second-order valence-corrected chi connectivity index (χ2v) is 5.24. The highest BCUT2D eigenvalue weighted by molar-refractivity contribution is 8.00. The highest BCUT2D eigenvalue weighted by Crippen LogP contribution is 2.28. The second kappa shape index (κ2) is 6.30. The summed E-state index contributed by atoms with van der Waals surface area (Å²) in [7, 11) is 0. The summed E-state index contributed by atoms with van der Waals surface area (Å²) in [5.41, 5.74) is 0.744. The van der Waals surface area contributed by atoms with Crippen molar-refractivity contribution in [1.82, 2.24) is 15.5 Å². The largest absolute Gasteiger partial charge is 0.469 e. The topological polar surface area (TPSA) is 81.2 Å². The molecule has 0 aliphatic rings. The number of nitrogens with one attached hydrogen (secondary N) is 1. The van der Waals surface area contributed by atoms with E-state index in [1.807, 2.05) is 6.92 Å². The Labute approximate surface area is 120 Å². The van der Waals surface area contributed by atoms with Crippen LogP contribution in [0.3, 0.4) is 0 Å². The van der Waals surface area contributed by atoms with Crippen LogP contribution >= 0.6 is 11.8 Å². The van der Waals surface area contributed by atoms with Crippen LogP contribution in [-0.4, -0.2) is 27.9 Å². The maximum absolute atomic E-state index is 11.7. The van der Waals surface area contributed by atoms with Gasteiger partial charge in [-0.1, -0.05) is 17.7 Å². The van der Waals surface area contributed by atoms with Crippen LogP contribution in [0.25, 0.3) is 11.5 Å². The molecule has 2 aromatic heterocycles. The number of hydrogen-bond donors (Lipinski definition) is 1. The number of nitrogens with zero attached hydrogens (tertiary/aromatic N) is 2. The molecule has 2 rings (SSSR count). The lowest BCUT2D eigenvalue weighted by atomic mass is 10.3. The Balaban J connectivity index is 2.02. The van der Waals surface area contributed by atoms with E-state index in [1.54, 1.807) is 19.3 Å². The highest BCUT2D eigenvalue weighted by Gasteiger charge is 2.19. The highest BCUT2D eigenvalue weighted by atomic mass is 32.2. The van der Waals surface area contributed by atoms with E-state index < -0.39 is 0 Å². The SMILES string of the molecule is C#CCNC(=O)C(C)Sc1nnc(-c2ccoc2C)o1. The third-order valence-electron chi connectivity index (χ3n) is 2.51. The standard InChI is InChI=1S/C13H13N3O3S/c1-4-6-14-11(17)9(3)20-13-16-15-12(19-13)10-5-7-18-8(10)2/h1,5,7,9H,6H2,2-3H3,(H,14,17). The molecule has 1 unspecified atom stereocenters. The van der Waals surface area contributed by atoms with E-state index in [2.05, 4.69) is 21.4 Å². The van der Waals surface area contributed by atoms with E-state index >= 15 is 0 Å². The van der Waals surface area contributed by atoms with Gasteiger partial charge in [-0.2, -0.15) is 0 Å². The van der Waals surface area contributed by atoms with E-state index in [4.69, 9.17) is 15.3 Å². The predicted octanol–water partition coefficient (Wildman–Crippen LogP) is 1.87. The Bertz CT molecular complexity index is 641. The summed E-state index contributed by atoms with van der Waals surface area (Å²) >= 11 is 1.17. The van der Waals surface area contributed by atoms with Crippen molar-refractivity contribution in [3.05, 3.63) is 18.1 Å². The summed E-state index contributed by atoms with van der Waals surface area (Å²) in [5.74, 6) is 3.24. The van der Waals surface area contributed by atoms with Crippen molar-refractivity contribution >= 4 is 17.7 Å². The summed E-state index contributed by atoms with van der Waals surface area (Å²) < 4.78 is 10.7. The van der Waals surface area contributed by atoms with Gasteiger partial charge in [-0.3, -0.25) is 4.79 Å². The van der Waals surface area contributed by atoms with Gasteiger partial charge in [0.05, 0.1) is 23.6 Å². The van der Waals surface area contributed by atoms with Crippen molar-refractivity contribution in [2.45, 2.75) is 24.3 Å². The van der Waals surface area contributed by atoms with Gasteiger partial charge >= 0.3 is 0 Å². The number of carbonyl (C=O) groups is 1. The summed E-state index contributed by atoms with van der Waals surface area (Å²) in [6.07, 6.45) is 6.63. The fourth-order valence-corrected chi connectivity index (χ4v) is 2.17. The quantitative estimate of drug-likeness (QED) is 0.669. The fourth-order valence-electron chi connectivity index (χ4n) is 1.46. The molecule has 2 heterocycles. The van der Waals surface area contributed by atoms with Gasteiger partial charge in [0.25, 0.3) is 11.1 Å². The lowest BCUT2D eigenvalue weighted by Crippen LogP contribution is -2.31. The molecule has 0 bridgehead atoms.